The Morgan fingerprint density at radius 2 is 1.73 bits per heavy atom. The molecule has 128 valence electrons. The van der Waals surface area contributed by atoms with Crippen LogP contribution in [0.4, 0.5) is 0 Å². The molecule has 0 amide bonds. The molecule has 1 aromatic heterocycles. The normalized spacial score (nSPS) is 14.7. The van der Waals surface area contributed by atoms with Crippen LogP contribution in [0.1, 0.15) is 32.4 Å². The van der Waals surface area contributed by atoms with E-state index in [2.05, 4.69) is 15.6 Å². The van der Waals surface area contributed by atoms with Crippen molar-refractivity contribution in [2.24, 2.45) is 0 Å². The number of ketones is 2. The standard InChI is InChI=1S/C19H14N4O3/c1-11(19(26)23-16-9-5-4-8-14(16)21-22-23)20-15-10-17(24)12-6-2-3-7-13(12)18(15)25/h2-11,20H,1H3/t11-/m0/s1. The number of nitrogens with one attached hydrogen (secondary N) is 1. The van der Waals surface area contributed by atoms with Crippen molar-refractivity contribution >= 4 is 28.5 Å². The highest BCUT2D eigenvalue weighted by atomic mass is 16.2. The first-order chi connectivity index (χ1) is 12.6. The molecule has 1 atom stereocenters. The van der Waals surface area contributed by atoms with Gasteiger partial charge < -0.3 is 5.32 Å². The van der Waals surface area contributed by atoms with Crippen molar-refractivity contribution < 1.29 is 14.4 Å². The van der Waals surface area contributed by atoms with Crippen LogP contribution in [0.3, 0.4) is 0 Å². The summed E-state index contributed by atoms with van der Waals surface area (Å²) in [5.74, 6) is -0.962. The molecule has 0 aliphatic heterocycles. The van der Waals surface area contributed by atoms with Crippen LogP contribution in [-0.4, -0.2) is 38.5 Å². The fourth-order valence-corrected chi connectivity index (χ4v) is 2.93. The third kappa shape index (κ3) is 2.50. The van der Waals surface area contributed by atoms with Gasteiger partial charge in [0.1, 0.15) is 11.6 Å². The summed E-state index contributed by atoms with van der Waals surface area (Å²) in [5.41, 5.74) is 1.97. The molecule has 0 saturated heterocycles. The summed E-state index contributed by atoms with van der Waals surface area (Å²) in [6, 6.07) is 12.9. The molecular weight excluding hydrogens is 332 g/mol. The zero-order chi connectivity index (χ0) is 18.3. The summed E-state index contributed by atoms with van der Waals surface area (Å²) >= 11 is 0. The Morgan fingerprint density at radius 3 is 2.54 bits per heavy atom. The molecule has 3 aromatic rings. The van der Waals surface area contributed by atoms with Crippen LogP contribution in [0.5, 0.6) is 0 Å². The lowest BCUT2D eigenvalue weighted by molar-refractivity contribution is 0.0855. The number of para-hydroxylation sites is 1. The Kier molecular flexibility index (Phi) is 3.69. The average Bonchev–Trinajstić information content (AvgIpc) is 3.09. The Hall–Kier alpha value is -3.61. The maximum absolute atomic E-state index is 12.7. The highest BCUT2D eigenvalue weighted by molar-refractivity contribution is 6.24. The van der Waals surface area contributed by atoms with Gasteiger partial charge in [-0.05, 0) is 19.1 Å². The number of benzene rings is 2. The second-order valence-electron chi connectivity index (χ2n) is 5.99. The molecular formula is C19H14N4O3. The first kappa shape index (κ1) is 15.9. The summed E-state index contributed by atoms with van der Waals surface area (Å²) in [4.78, 5) is 37.5. The van der Waals surface area contributed by atoms with E-state index in [-0.39, 0.29) is 23.2 Å². The number of carbonyl (C=O) groups is 3. The van der Waals surface area contributed by atoms with E-state index in [1.54, 1.807) is 49.4 Å². The number of carbonyl (C=O) groups excluding carboxylic acids is 3. The molecule has 0 radical (unpaired) electrons. The number of nitrogens with zero attached hydrogens (tertiary/aromatic N) is 3. The van der Waals surface area contributed by atoms with Crippen molar-refractivity contribution in [1.82, 2.24) is 20.3 Å². The van der Waals surface area contributed by atoms with Crippen LogP contribution in [0, 0.1) is 0 Å². The number of fused-ring (bicyclic) bond motifs is 2. The van der Waals surface area contributed by atoms with Crippen molar-refractivity contribution in [3.8, 4) is 0 Å². The van der Waals surface area contributed by atoms with Gasteiger partial charge >= 0.3 is 0 Å². The molecule has 1 aliphatic rings. The van der Waals surface area contributed by atoms with Crippen LogP contribution in [0.25, 0.3) is 11.0 Å². The van der Waals surface area contributed by atoms with E-state index in [1.807, 2.05) is 6.07 Å². The van der Waals surface area contributed by atoms with E-state index in [4.69, 9.17) is 0 Å². The fraction of sp³-hybridized carbons (Fsp3) is 0.105. The smallest absolute Gasteiger partial charge is 0.271 e. The molecule has 0 fully saturated rings. The van der Waals surface area contributed by atoms with Crippen LogP contribution >= 0.6 is 0 Å². The summed E-state index contributed by atoms with van der Waals surface area (Å²) in [6.07, 6.45) is 1.23. The van der Waals surface area contributed by atoms with Gasteiger partial charge in [-0.25, -0.2) is 0 Å². The minimum Gasteiger partial charge on any atom is -0.371 e. The molecule has 26 heavy (non-hydrogen) atoms. The maximum Gasteiger partial charge on any atom is 0.271 e. The topological polar surface area (TPSA) is 94.0 Å². The van der Waals surface area contributed by atoms with Gasteiger partial charge in [0, 0.05) is 17.2 Å². The quantitative estimate of drug-likeness (QED) is 0.780. The first-order valence-electron chi connectivity index (χ1n) is 8.07. The number of hydrogen-bond donors (Lipinski definition) is 1. The highest BCUT2D eigenvalue weighted by Crippen LogP contribution is 2.20. The molecule has 1 aliphatic carbocycles. The molecule has 1 N–H and O–H groups in total. The number of Topliss-reactive ketones (excluding diaryl/α,β-unsaturated/α-hetero) is 1. The Bertz CT molecular complexity index is 1100. The Labute approximate surface area is 148 Å². The summed E-state index contributed by atoms with van der Waals surface area (Å²) in [6.45, 7) is 1.61. The first-order valence-corrected chi connectivity index (χ1v) is 8.07. The van der Waals surface area contributed by atoms with Gasteiger partial charge in [-0.3, -0.25) is 14.4 Å². The van der Waals surface area contributed by atoms with Crippen molar-refractivity contribution in [3.05, 3.63) is 71.4 Å². The van der Waals surface area contributed by atoms with E-state index < -0.39 is 6.04 Å². The molecule has 0 spiro atoms. The largest absolute Gasteiger partial charge is 0.371 e. The van der Waals surface area contributed by atoms with E-state index >= 15 is 0 Å². The lowest BCUT2D eigenvalue weighted by Crippen LogP contribution is -2.40. The van der Waals surface area contributed by atoms with Gasteiger partial charge in [0.15, 0.2) is 5.78 Å². The molecule has 0 bridgehead atoms. The Balaban J connectivity index is 1.60. The van der Waals surface area contributed by atoms with E-state index in [9.17, 15) is 14.4 Å². The Morgan fingerprint density at radius 1 is 1.04 bits per heavy atom. The van der Waals surface area contributed by atoms with Gasteiger partial charge in [0.2, 0.25) is 5.78 Å². The second-order valence-corrected chi connectivity index (χ2v) is 5.99. The summed E-state index contributed by atoms with van der Waals surface area (Å²) in [5, 5.41) is 10.7. The predicted molar refractivity (Wildman–Crippen MR) is 93.9 cm³/mol. The zero-order valence-corrected chi connectivity index (χ0v) is 13.8. The van der Waals surface area contributed by atoms with Gasteiger partial charge in [0.05, 0.1) is 11.2 Å². The van der Waals surface area contributed by atoms with Crippen LogP contribution in [-0.2, 0) is 0 Å². The van der Waals surface area contributed by atoms with Crippen molar-refractivity contribution in [2.45, 2.75) is 13.0 Å². The second kappa shape index (κ2) is 6.03. The fourth-order valence-electron chi connectivity index (χ4n) is 2.93. The molecule has 4 rings (SSSR count). The number of rotatable bonds is 3. The zero-order valence-electron chi connectivity index (χ0n) is 13.8. The molecule has 2 aromatic carbocycles. The van der Waals surface area contributed by atoms with E-state index in [0.29, 0.717) is 22.2 Å². The van der Waals surface area contributed by atoms with Crippen LogP contribution < -0.4 is 5.32 Å². The predicted octanol–water partition coefficient (Wildman–Crippen LogP) is 2.01. The van der Waals surface area contributed by atoms with Gasteiger partial charge in [-0.2, -0.15) is 4.68 Å². The minimum absolute atomic E-state index is 0.0963. The van der Waals surface area contributed by atoms with Gasteiger partial charge in [-0.1, -0.05) is 41.6 Å². The number of allylic oxidation sites excluding steroid dienone is 2. The highest BCUT2D eigenvalue weighted by Gasteiger charge is 2.28. The van der Waals surface area contributed by atoms with Gasteiger partial charge in [-0.15, -0.1) is 5.10 Å². The molecule has 0 saturated carbocycles. The minimum atomic E-state index is -0.770. The number of aromatic nitrogens is 3. The third-order valence-electron chi connectivity index (χ3n) is 4.26. The lowest BCUT2D eigenvalue weighted by Gasteiger charge is -2.19. The molecule has 7 heteroatoms. The monoisotopic (exact) mass is 346 g/mol. The van der Waals surface area contributed by atoms with Crippen molar-refractivity contribution in [1.29, 1.82) is 0 Å². The average molecular weight is 346 g/mol. The SMILES string of the molecule is C[C@H](NC1=CC(=O)c2ccccc2C1=O)C(=O)n1nnc2ccccc21. The van der Waals surface area contributed by atoms with Crippen LogP contribution in [0.2, 0.25) is 0 Å². The number of hydrogen-bond acceptors (Lipinski definition) is 6. The maximum atomic E-state index is 12.7. The molecule has 1 heterocycles. The lowest BCUT2D eigenvalue weighted by atomic mass is 9.92. The van der Waals surface area contributed by atoms with Crippen molar-refractivity contribution in [2.75, 3.05) is 0 Å². The summed E-state index contributed by atoms with van der Waals surface area (Å²) in [7, 11) is 0. The summed E-state index contributed by atoms with van der Waals surface area (Å²) < 4.78 is 1.19. The molecule has 0 unspecified atom stereocenters. The van der Waals surface area contributed by atoms with E-state index in [1.165, 1.54) is 10.8 Å². The van der Waals surface area contributed by atoms with Gasteiger partial charge in [0.25, 0.3) is 5.91 Å². The van der Waals surface area contributed by atoms with Crippen molar-refractivity contribution in [3.63, 3.8) is 0 Å². The van der Waals surface area contributed by atoms with Crippen LogP contribution in [0.15, 0.2) is 60.3 Å². The third-order valence-corrected chi connectivity index (χ3v) is 4.26. The molecule has 7 nitrogen and oxygen atoms in total. The van der Waals surface area contributed by atoms with E-state index in [0.717, 1.165) is 0 Å².